The van der Waals surface area contributed by atoms with E-state index in [1.54, 1.807) is 0 Å². The van der Waals surface area contributed by atoms with E-state index in [9.17, 15) is 0 Å². The first-order valence-corrected chi connectivity index (χ1v) is 9.60. The average Bonchev–Trinajstić information content (AvgIpc) is 3.14. The van der Waals surface area contributed by atoms with Gasteiger partial charge in [0.2, 0.25) is 11.8 Å². The van der Waals surface area contributed by atoms with Gasteiger partial charge in [0, 0.05) is 42.5 Å². The van der Waals surface area contributed by atoms with E-state index >= 15 is 0 Å². The second-order valence-corrected chi connectivity index (χ2v) is 7.43. The maximum Gasteiger partial charge on any atom is 0.247 e. The Morgan fingerprint density at radius 1 is 0.963 bits per heavy atom. The Morgan fingerprint density at radius 2 is 1.70 bits per heavy atom. The highest BCUT2D eigenvalue weighted by molar-refractivity contribution is 6.30. The average molecular weight is 383 g/mol. The highest BCUT2D eigenvalue weighted by Crippen LogP contribution is 2.25. The van der Waals surface area contributed by atoms with E-state index in [0.29, 0.717) is 23.3 Å². The lowest BCUT2D eigenvalue weighted by Crippen LogP contribution is -2.46. The quantitative estimate of drug-likeness (QED) is 0.672. The summed E-state index contributed by atoms with van der Waals surface area (Å²) in [5, 5.41) is 9.07. The third kappa shape index (κ3) is 3.99. The van der Waals surface area contributed by atoms with Gasteiger partial charge in [-0.25, -0.2) is 0 Å². The number of nitrogens with zero attached hydrogens (tertiary/aromatic N) is 4. The zero-order valence-corrected chi connectivity index (χ0v) is 16.4. The molecule has 140 valence electrons. The van der Waals surface area contributed by atoms with E-state index < -0.39 is 0 Å². The molecule has 0 aliphatic carbocycles. The third-order valence-corrected chi connectivity index (χ3v) is 5.46. The zero-order valence-electron chi connectivity index (χ0n) is 15.7. The zero-order chi connectivity index (χ0) is 18.8. The maximum atomic E-state index is 5.93. The van der Waals surface area contributed by atoms with Crippen LogP contribution in [-0.4, -0.2) is 41.3 Å². The van der Waals surface area contributed by atoms with E-state index in [2.05, 4.69) is 52.0 Å². The van der Waals surface area contributed by atoms with Crippen LogP contribution in [0.15, 0.2) is 46.9 Å². The first kappa shape index (κ1) is 18.0. The number of rotatable bonds is 4. The van der Waals surface area contributed by atoms with Crippen LogP contribution in [0.5, 0.6) is 0 Å². The van der Waals surface area contributed by atoms with E-state index in [4.69, 9.17) is 16.0 Å². The van der Waals surface area contributed by atoms with Crippen molar-refractivity contribution in [2.24, 2.45) is 0 Å². The SMILES string of the molecule is Cc1cccc(N2CCN(Cc3nnc(-c4ccc(Cl)cc4)o3)CC2)c1C. The fourth-order valence-electron chi connectivity index (χ4n) is 3.44. The van der Waals surface area contributed by atoms with Crippen molar-refractivity contribution >= 4 is 17.3 Å². The number of hydrogen-bond donors (Lipinski definition) is 0. The molecular formula is C21H23ClN4O. The predicted molar refractivity (Wildman–Crippen MR) is 108 cm³/mol. The summed E-state index contributed by atoms with van der Waals surface area (Å²) in [4.78, 5) is 4.83. The Kier molecular flexibility index (Phi) is 5.14. The second kappa shape index (κ2) is 7.71. The van der Waals surface area contributed by atoms with Gasteiger partial charge in [0.1, 0.15) is 0 Å². The molecule has 0 bridgehead atoms. The maximum absolute atomic E-state index is 5.93. The van der Waals surface area contributed by atoms with Crippen molar-refractivity contribution in [1.82, 2.24) is 15.1 Å². The number of benzene rings is 2. The molecule has 0 N–H and O–H groups in total. The summed E-state index contributed by atoms with van der Waals surface area (Å²) < 4.78 is 5.84. The van der Waals surface area contributed by atoms with Gasteiger partial charge < -0.3 is 9.32 Å². The summed E-state index contributed by atoms with van der Waals surface area (Å²) in [5.74, 6) is 1.19. The minimum absolute atomic E-state index is 0.538. The van der Waals surface area contributed by atoms with Gasteiger partial charge in [0.25, 0.3) is 0 Å². The molecule has 1 aliphatic heterocycles. The van der Waals surface area contributed by atoms with Gasteiger partial charge >= 0.3 is 0 Å². The van der Waals surface area contributed by atoms with Gasteiger partial charge in [0.15, 0.2) is 0 Å². The normalized spacial score (nSPS) is 15.3. The molecule has 2 aromatic carbocycles. The Labute approximate surface area is 164 Å². The van der Waals surface area contributed by atoms with Crippen molar-refractivity contribution in [3.05, 3.63) is 64.5 Å². The first-order valence-electron chi connectivity index (χ1n) is 9.22. The lowest BCUT2D eigenvalue weighted by atomic mass is 10.1. The molecule has 5 nitrogen and oxygen atoms in total. The number of aromatic nitrogens is 2. The van der Waals surface area contributed by atoms with Crippen molar-refractivity contribution in [2.45, 2.75) is 20.4 Å². The number of halogens is 1. The van der Waals surface area contributed by atoms with Crippen LogP contribution in [0.2, 0.25) is 5.02 Å². The van der Waals surface area contributed by atoms with Crippen LogP contribution in [0, 0.1) is 13.8 Å². The predicted octanol–water partition coefficient (Wildman–Crippen LogP) is 4.33. The van der Waals surface area contributed by atoms with Crippen molar-refractivity contribution in [2.75, 3.05) is 31.1 Å². The summed E-state index contributed by atoms with van der Waals surface area (Å²) in [6.07, 6.45) is 0. The van der Waals surface area contributed by atoms with Crippen LogP contribution in [0.4, 0.5) is 5.69 Å². The van der Waals surface area contributed by atoms with Crippen LogP contribution in [-0.2, 0) is 6.54 Å². The van der Waals surface area contributed by atoms with Crippen LogP contribution in [0.3, 0.4) is 0 Å². The van der Waals surface area contributed by atoms with E-state index in [0.717, 1.165) is 31.7 Å². The standard InChI is InChI=1S/C21H23ClN4O/c1-15-4-3-5-19(16(15)2)26-12-10-25(11-13-26)14-20-23-24-21(27-20)17-6-8-18(22)9-7-17/h3-9H,10-14H2,1-2H3. The Balaban J connectivity index is 1.37. The summed E-state index contributed by atoms with van der Waals surface area (Å²) in [7, 11) is 0. The second-order valence-electron chi connectivity index (χ2n) is 6.99. The minimum atomic E-state index is 0.538. The number of hydrogen-bond acceptors (Lipinski definition) is 5. The molecule has 0 radical (unpaired) electrons. The lowest BCUT2D eigenvalue weighted by molar-refractivity contribution is 0.227. The monoisotopic (exact) mass is 382 g/mol. The van der Waals surface area contributed by atoms with Gasteiger partial charge in [-0.05, 0) is 55.3 Å². The van der Waals surface area contributed by atoms with Crippen LogP contribution >= 0.6 is 11.6 Å². The van der Waals surface area contributed by atoms with Crippen molar-refractivity contribution < 1.29 is 4.42 Å². The highest BCUT2D eigenvalue weighted by Gasteiger charge is 2.20. The largest absolute Gasteiger partial charge is 0.419 e. The van der Waals surface area contributed by atoms with Crippen molar-refractivity contribution in [3.63, 3.8) is 0 Å². The van der Waals surface area contributed by atoms with E-state index in [1.807, 2.05) is 24.3 Å². The molecule has 1 aliphatic rings. The number of piperazine rings is 1. The lowest BCUT2D eigenvalue weighted by Gasteiger charge is -2.36. The molecule has 3 aromatic rings. The number of aryl methyl sites for hydroxylation is 1. The van der Waals surface area contributed by atoms with Gasteiger partial charge in [-0.1, -0.05) is 23.7 Å². The van der Waals surface area contributed by atoms with E-state index in [-0.39, 0.29) is 0 Å². The summed E-state index contributed by atoms with van der Waals surface area (Å²) in [6.45, 7) is 9.01. The molecule has 6 heteroatoms. The molecule has 27 heavy (non-hydrogen) atoms. The number of anilines is 1. The topological polar surface area (TPSA) is 45.4 Å². The third-order valence-electron chi connectivity index (χ3n) is 5.21. The van der Waals surface area contributed by atoms with Gasteiger partial charge in [0.05, 0.1) is 6.54 Å². The molecule has 1 fully saturated rings. The molecule has 0 atom stereocenters. The van der Waals surface area contributed by atoms with Gasteiger partial charge in [-0.3, -0.25) is 4.90 Å². The minimum Gasteiger partial charge on any atom is -0.419 e. The Morgan fingerprint density at radius 3 is 2.44 bits per heavy atom. The smallest absolute Gasteiger partial charge is 0.247 e. The molecule has 1 aromatic heterocycles. The Hall–Kier alpha value is -2.37. The first-order chi connectivity index (χ1) is 13.1. The van der Waals surface area contributed by atoms with Crippen LogP contribution in [0.25, 0.3) is 11.5 Å². The molecule has 4 rings (SSSR count). The van der Waals surface area contributed by atoms with Crippen molar-refractivity contribution in [1.29, 1.82) is 0 Å². The van der Waals surface area contributed by atoms with Crippen LogP contribution < -0.4 is 4.90 Å². The molecular weight excluding hydrogens is 360 g/mol. The highest BCUT2D eigenvalue weighted by atomic mass is 35.5. The van der Waals surface area contributed by atoms with Crippen LogP contribution in [0.1, 0.15) is 17.0 Å². The van der Waals surface area contributed by atoms with Gasteiger partial charge in [-0.15, -0.1) is 10.2 Å². The van der Waals surface area contributed by atoms with E-state index in [1.165, 1.54) is 16.8 Å². The summed E-state index contributed by atoms with van der Waals surface area (Å²) in [5.41, 5.74) is 4.95. The molecule has 0 saturated carbocycles. The Bertz CT molecular complexity index is 914. The molecule has 0 spiro atoms. The molecule has 1 saturated heterocycles. The van der Waals surface area contributed by atoms with Gasteiger partial charge in [-0.2, -0.15) is 0 Å². The summed E-state index contributed by atoms with van der Waals surface area (Å²) >= 11 is 5.93. The molecule has 0 amide bonds. The summed E-state index contributed by atoms with van der Waals surface area (Å²) in [6, 6.07) is 14.0. The molecule has 0 unspecified atom stereocenters. The fourth-order valence-corrected chi connectivity index (χ4v) is 3.57. The fraction of sp³-hybridized carbons (Fsp3) is 0.333. The van der Waals surface area contributed by atoms with Crippen molar-refractivity contribution in [3.8, 4) is 11.5 Å². The molecule has 2 heterocycles.